The first kappa shape index (κ1) is 12.8. The van der Waals surface area contributed by atoms with Gasteiger partial charge in [-0.15, -0.1) is 0 Å². The van der Waals surface area contributed by atoms with Gasteiger partial charge in [0, 0.05) is 25.6 Å². The molecule has 98 valence electrons. The van der Waals surface area contributed by atoms with Gasteiger partial charge in [-0.3, -0.25) is 4.79 Å². The third-order valence-electron chi connectivity index (χ3n) is 3.04. The molecule has 0 aromatic heterocycles. The van der Waals surface area contributed by atoms with Crippen molar-refractivity contribution in [1.82, 2.24) is 10.0 Å². The smallest absolute Gasteiger partial charge is 0.220 e. The fourth-order valence-corrected chi connectivity index (χ4v) is 3.71. The van der Waals surface area contributed by atoms with Crippen molar-refractivity contribution in [2.24, 2.45) is 0 Å². The number of rotatable bonds is 4. The number of sulfonamides is 1. The van der Waals surface area contributed by atoms with Crippen molar-refractivity contribution in [3.63, 3.8) is 0 Å². The molecule has 2 saturated heterocycles. The van der Waals surface area contributed by atoms with E-state index < -0.39 is 10.0 Å². The van der Waals surface area contributed by atoms with Crippen LogP contribution in [0, 0.1) is 0 Å². The van der Waals surface area contributed by atoms with Crippen molar-refractivity contribution in [2.75, 3.05) is 18.9 Å². The Bertz CT molecular complexity index is 366. The SMILES string of the molecule is O=C1CCC(NS(=O)(=O)CC2CCCO2)CN1. The van der Waals surface area contributed by atoms with Crippen molar-refractivity contribution in [3.05, 3.63) is 0 Å². The Labute approximate surface area is 101 Å². The van der Waals surface area contributed by atoms with E-state index in [9.17, 15) is 13.2 Å². The molecule has 2 aliphatic heterocycles. The van der Waals surface area contributed by atoms with Gasteiger partial charge in [-0.2, -0.15) is 0 Å². The van der Waals surface area contributed by atoms with Gasteiger partial charge in [0.2, 0.25) is 15.9 Å². The van der Waals surface area contributed by atoms with E-state index in [-0.39, 0.29) is 23.8 Å². The topological polar surface area (TPSA) is 84.5 Å². The van der Waals surface area contributed by atoms with Gasteiger partial charge < -0.3 is 10.1 Å². The second-order valence-corrected chi connectivity index (χ2v) is 6.37. The minimum Gasteiger partial charge on any atom is -0.377 e. The first-order chi connectivity index (χ1) is 8.05. The minimum atomic E-state index is -3.31. The average Bonchev–Trinajstić information content (AvgIpc) is 2.73. The number of piperidine rings is 1. The Morgan fingerprint density at radius 3 is 2.82 bits per heavy atom. The molecular formula is C10H18N2O4S. The monoisotopic (exact) mass is 262 g/mol. The van der Waals surface area contributed by atoms with E-state index in [4.69, 9.17) is 4.74 Å². The van der Waals surface area contributed by atoms with Crippen LogP contribution in [-0.4, -0.2) is 45.4 Å². The molecule has 0 aliphatic carbocycles. The molecule has 2 atom stereocenters. The highest BCUT2D eigenvalue weighted by Gasteiger charge is 2.27. The van der Waals surface area contributed by atoms with Gasteiger partial charge in [-0.05, 0) is 19.3 Å². The molecule has 0 spiro atoms. The van der Waals surface area contributed by atoms with Gasteiger partial charge in [-0.1, -0.05) is 0 Å². The summed E-state index contributed by atoms with van der Waals surface area (Å²) in [5.74, 6) is 0.0110. The maximum Gasteiger partial charge on any atom is 0.220 e. The number of hydrogen-bond donors (Lipinski definition) is 2. The highest BCUT2D eigenvalue weighted by molar-refractivity contribution is 7.89. The molecule has 2 heterocycles. The lowest BCUT2D eigenvalue weighted by Crippen LogP contribution is -2.49. The summed E-state index contributed by atoms with van der Waals surface area (Å²) in [4.78, 5) is 10.9. The molecule has 0 saturated carbocycles. The van der Waals surface area contributed by atoms with Crippen molar-refractivity contribution in [2.45, 2.75) is 37.8 Å². The molecule has 2 aliphatic rings. The summed E-state index contributed by atoms with van der Waals surface area (Å²) in [6, 6.07) is -0.181. The molecule has 2 fully saturated rings. The van der Waals surface area contributed by atoms with Crippen molar-refractivity contribution < 1.29 is 17.9 Å². The second-order valence-electron chi connectivity index (χ2n) is 4.57. The van der Waals surface area contributed by atoms with Crippen LogP contribution in [0.4, 0.5) is 0 Å². The normalized spacial score (nSPS) is 30.2. The fourth-order valence-electron chi connectivity index (χ4n) is 2.16. The van der Waals surface area contributed by atoms with Crippen LogP contribution < -0.4 is 10.0 Å². The molecule has 17 heavy (non-hydrogen) atoms. The van der Waals surface area contributed by atoms with Crippen LogP contribution in [0.2, 0.25) is 0 Å². The predicted octanol–water partition coefficient (Wildman–Crippen LogP) is -0.637. The molecule has 7 heteroatoms. The number of carbonyl (C=O) groups is 1. The average molecular weight is 262 g/mol. The van der Waals surface area contributed by atoms with Gasteiger partial charge in [0.25, 0.3) is 0 Å². The Morgan fingerprint density at radius 1 is 1.41 bits per heavy atom. The van der Waals surface area contributed by atoms with E-state index in [2.05, 4.69) is 10.0 Å². The Kier molecular flexibility index (Phi) is 4.01. The summed E-state index contributed by atoms with van der Waals surface area (Å²) in [5, 5.41) is 2.65. The molecule has 6 nitrogen and oxygen atoms in total. The van der Waals surface area contributed by atoms with Crippen LogP contribution in [-0.2, 0) is 19.6 Å². The van der Waals surface area contributed by atoms with Gasteiger partial charge >= 0.3 is 0 Å². The zero-order valence-corrected chi connectivity index (χ0v) is 10.5. The molecule has 0 aromatic carbocycles. The summed E-state index contributed by atoms with van der Waals surface area (Å²) in [6.45, 7) is 1.03. The van der Waals surface area contributed by atoms with E-state index >= 15 is 0 Å². The number of carbonyl (C=O) groups excluding carboxylic acids is 1. The summed E-state index contributed by atoms with van der Waals surface area (Å²) >= 11 is 0. The van der Waals surface area contributed by atoms with Gasteiger partial charge in [0.1, 0.15) is 0 Å². The van der Waals surface area contributed by atoms with E-state index in [0.29, 0.717) is 26.0 Å². The Balaban J connectivity index is 1.82. The first-order valence-electron chi connectivity index (χ1n) is 5.93. The number of amides is 1. The third kappa shape index (κ3) is 3.93. The summed E-state index contributed by atoms with van der Waals surface area (Å²) in [5.41, 5.74) is 0. The van der Waals surface area contributed by atoms with Crippen molar-refractivity contribution >= 4 is 15.9 Å². The van der Waals surface area contributed by atoms with E-state index in [1.54, 1.807) is 0 Å². The summed E-state index contributed by atoms with van der Waals surface area (Å²) in [6.07, 6.45) is 2.51. The van der Waals surface area contributed by atoms with Crippen molar-refractivity contribution in [1.29, 1.82) is 0 Å². The van der Waals surface area contributed by atoms with Crippen LogP contribution in [0.3, 0.4) is 0 Å². The molecular weight excluding hydrogens is 244 g/mol. The molecule has 0 bridgehead atoms. The molecule has 0 radical (unpaired) electrons. The molecule has 2 rings (SSSR count). The second kappa shape index (κ2) is 5.32. The zero-order chi connectivity index (χ0) is 12.3. The van der Waals surface area contributed by atoms with E-state index in [1.807, 2.05) is 0 Å². The molecule has 1 amide bonds. The lowest BCUT2D eigenvalue weighted by molar-refractivity contribution is -0.122. The van der Waals surface area contributed by atoms with Crippen molar-refractivity contribution in [3.8, 4) is 0 Å². The lowest BCUT2D eigenvalue weighted by atomic mass is 10.1. The highest BCUT2D eigenvalue weighted by Crippen LogP contribution is 2.14. The maximum atomic E-state index is 11.8. The van der Waals surface area contributed by atoms with Crippen LogP contribution >= 0.6 is 0 Å². The maximum absolute atomic E-state index is 11.8. The number of nitrogens with one attached hydrogen (secondary N) is 2. The quantitative estimate of drug-likeness (QED) is 0.706. The van der Waals surface area contributed by atoms with Crippen LogP contribution in [0.15, 0.2) is 0 Å². The molecule has 2 unspecified atom stereocenters. The van der Waals surface area contributed by atoms with Gasteiger partial charge in [0.15, 0.2) is 0 Å². The highest BCUT2D eigenvalue weighted by atomic mass is 32.2. The third-order valence-corrected chi connectivity index (χ3v) is 4.54. The van der Waals surface area contributed by atoms with Crippen LogP contribution in [0.25, 0.3) is 0 Å². The minimum absolute atomic E-state index is 0.0143. The Hall–Kier alpha value is -0.660. The Morgan fingerprint density at radius 2 is 2.24 bits per heavy atom. The zero-order valence-electron chi connectivity index (χ0n) is 9.65. The fraction of sp³-hybridized carbons (Fsp3) is 0.900. The van der Waals surface area contributed by atoms with E-state index in [1.165, 1.54) is 0 Å². The summed E-state index contributed by atoms with van der Waals surface area (Å²) < 4.78 is 31.6. The largest absolute Gasteiger partial charge is 0.377 e. The number of hydrogen-bond acceptors (Lipinski definition) is 4. The number of ether oxygens (including phenoxy) is 1. The summed E-state index contributed by atoms with van der Waals surface area (Å²) in [7, 11) is -3.31. The predicted molar refractivity (Wildman–Crippen MR) is 61.9 cm³/mol. The first-order valence-corrected chi connectivity index (χ1v) is 7.59. The van der Waals surface area contributed by atoms with Crippen LogP contribution in [0.1, 0.15) is 25.7 Å². The molecule has 0 aromatic rings. The lowest BCUT2D eigenvalue weighted by Gasteiger charge is -2.23. The van der Waals surface area contributed by atoms with Gasteiger partial charge in [-0.25, -0.2) is 13.1 Å². The van der Waals surface area contributed by atoms with Gasteiger partial charge in [0.05, 0.1) is 11.9 Å². The van der Waals surface area contributed by atoms with Crippen LogP contribution in [0.5, 0.6) is 0 Å². The standard InChI is InChI=1S/C10H18N2O4S/c13-10-4-3-8(6-11-10)12-17(14,15)7-9-2-1-5-16-9/h8-9,12H,1-7H2,(H,11,13). The van der Waals surface area contributed by atoms with E-state index in [0.717, 1.165) is 12.8 Å². The molecule has 2 N–H and O–H groups in total.